The number of rotatable bonds is 5. The lowest BCUT2D eigenvalue weighted by Gasteiger charge is -2.39. The van der Waals surface area contributed by atoms with Gasteiger partial charge in [-0.05, 0) is 36.4 Å². The Morgan fingerprint density at radius 1 is 1.06 bits per heavy atom. The number of urea groups is 1. The van der Waals surface area contributed by atoms with Crippen molar-refractivity contribution in [1.29, 1.82) is 0 Å². The first-order chi connectivity index (χ1) is 16.6. The van der Waals surface area contributed by atoms with Gasteiger partial charge in [-0.3, -0.25) is 0 Å². The second-order valence-corrected chi connectivity index (χ2v) is 7.72. The third kappa shape index (κ3) is 5.47. The van der Waals surface area contributed by atoms with E-state index in [1.54, 1.807) is 18.2 Å². The third-order valence-electron chi connectivity index (χ3n) is 5.29. The van der Waals surface area contributed by atoms with Gasteiger partial charge in [-0.2, -0.15) is 0 Å². The van der Waals surface area contributed by atoms with Gasteiger partial charge in [0.15, 0.2) is 0 Å². The lowest BCUT2D eigenvalue weighted by atomic mass is 9.95. The zero-order valence-corrected chi connectivity index (χ0v) is 17.7. The van der Waals surface area contributed by atoms with Crippen LogP contribution in [0.4, 0.5) is 29.3 Å². The Kier molecular flexibility index (Phi) is 6.82. The highest BCUT2D eigenvalue weighted by Gasteiger charge is 2.45. The molecule has 1 aliphatic heterocycles. The monoisotopic (exact) mass is 498 g/mol. The smallest absolute Gasteiger partial charge is 0.406 e. The predicted octanol–water partition coefficient (Wildman–Crippen LogP) is 1.62. The summed E-state index contributed by atoms with van der Waals surface area (Å²) in [7, 11) is 0. The molecule has 7 N–H and O–H groups in total. The maximum atomic E-state index is 12.4. The number of aromatic amines is 1. The van der Waals surface area contributed by atoms with Crippen molar-refractivity contribution >= 4 is 28.4 Å². The van der Waals surface area contributed by atoms with Crippen molar-refractivity contribution in [3.05, 3.63) is 48.3 Å². The van der Waals surface area contributed by atoms with E-state index < -0.39 is 55.3 Å². The van der Waals surface area contributed by atoms with E-state index in [1.165, 1.54) is 12.1 Å². The second-order valence-electron chi connectivity index (χ2n) is 7.72. The van der Waals surface area contributed by atoms with Crippen LogP contribution in [0.2, 0.25) is 0 Å². The van der Waals surface area contributed by atoms with Gasteiger partial charge in [0.1, 0.15) is 47.6 Å². The van der Waals surface area contributed by atoms with Crippen LogP contribution in [0.25, 0.3) is 11.0 Å². The Bertz CT molecular complexity index is 1190. The van der Waals surface area contributed by atoms with Crippen molar-refractivity contribution in [2.45, 2.75) is 36.9 Å². The summed E-state index contributed by atoms with van der Waals surface area (Å²) in [5.41, 5.74) is 1.18. The number of nitrogens with one attached hydrogen (secondary N) is 3. The molecule has 0 unspecified atom stereocenters. The van der Waals surface area contributed by atoms with E-state index in [0.717, 1.165) is 12.1 Å². The van der Waals surface area contributed by atoms with Crippen molar-refractivity contribution in [1.82, 2.24) is 9.97 Å². The maximum absolute atomic E-state index is 12.4. The standard InChI is InChI=1S/C21H21F3N4O7/c22-21(23,24)35-10-6-4-9(5-7-10)25-20(33)27-12-3-1-2-11-14(12)28-19(26-11)18-17(32)16(31)15(30)13(8-29)34-18/h1-7,13,15-18,29-32H,8H2,(H,26,28)(H2,25,27,33)/t13-,15-,16+,17-,18-/m1/s1. The highest BCUT2D eigenvalue weighted by atomic mass is 19.4. The number of aliphatic hydroxyl groups is 4. The molecule has 0 saturated carbocycles. The molecule has 3 aromatic rings. The minimum absolute atomic E-state index is 0.0896. The number of imidazole rings is 1. The van der Waals surface area contributed by atoms with Crippen LogP contribution in [-0.4, -0.2) is 73.8 Å². The summed E-state index contributed by atoms with van der Waals surface area (Å²) in [5, 5.41) is 44.7. The quantitative estimate of drug-likeness (QED) is 0.278. The highest BCUT2D eigenvalue weighted by Crippen LogP contribution is 2.33. The van der Waals surface area contributed by atoms with Crippen LogP contribution in [0.15, 0.2) is 42.5 Å². The molecule has 0 spiro atoms. The molecule has 0 radical (unpaired) electrons. The first-order valence-electron chi connectivity index (χ1n) is 10.3. The summed E-state index contributed by atoms with van der Waals surface area (Å²) in [6, 6.07) is 8.63. The number of alkyl halides is 3. The number of amides is 2. The topological polar surface area (TPSA) is 169 Å². The molecule has 0 aliphatic carbocycles. The van der Waals surface area contributed by atoms with Crippen LogP contribution in [0, 0.1) is 0 Å². The van der Waals surface area contributed by atoms with Crippen LogP contribution in [-0.2, 0) is 4.74 Å². The number of H-pyrrole nitrogens is 1. The Hall–Kier alpha value is -3.43. The van der Waals surface area contributed by atoms with E-state index in [4.69, 9.17) is 4.74 Å². The molecule has 2 heterocycles. The average Bonchev–Trinajstić information content (AvgIpc) is 3.23. The number of anilines is 2. The first kappa shape index (κ1) is 24.7. The molecule has 0 bridgehead atoms. The van der Waals surface area contributed by atoms with Gasteiger partial charge < -0.3 is 45.5 Å². The Morgan fingerprint density at radius 3 is 2.43 bits per heavy atom. The summed E-state index contributed by atoms with van der Waals surface area (Å²) in [5.74, 6) is -0.350. The van der Waals surface area contributed by atoms with Crippen LogP contribution in [0.3, 0.4) is 0 Å². The van der Waals surface area contributed by atoms with Crippen molar-refractivity contribution in [2.75, 3.05) is 17.2 Å². The summed E-state index contributed by atoms with van der Waals surface area (Å²) in [4.78, 5) is 19.7. The Labute approximate surface area is 195 Å². The van der Waals surface area contributed by atoms with Gasteiger partial charge >= 0.3 is 12.4 Å². The molecular formula is C21H21F3N4O7. The molecule has 1 aromatic heterocycles. The number of halogens is 3. The summed E-state index contributed by atoms with van der Waals surface area (Å²) in [6.45, 7) is -0.599. The van der Waals surface area contributed by atoms with Gasteiger partial charge in [0.05, 0.1) is 17.8 Å². The fourth-order valence-corrected chi connectivity index (χ4v) is 3.64. The number of hydrogen-bond acceptors (Lipinski definition) is 8. The number of fused-ring (bicyclic) bond motifs is 1. The predicted molar refractivity (Wildman–Crippen MR) is 115 cm³/mol. The molecule has 1 fully saturated rings. The third-order valence-corrected chi connectivity index (χ3v) is 5.29. The van der Waals surface area contributed by atoms with Gasteiger partial charge in [0.25, 0.3) is 0 Å². The van der Waals surface area contributed by atoms with E-state index >= 15 is 0 Å². The lowest BCUT2D eigenvalue weighted by Crippen LogP contribution is -2.55. The first-order valence-corrected chi connectivity index (χ1v) is 10.3. The molecule has 2 aromatic carbocycles. The number of carbonyl (C=O) groups is 1. The van der Waals surface area contributed by atoms with Gasteiger partial charge in [-0.1, -0.05) is 6.07 Å². The van der Waals surface area contributed by atoms with Crippen molar-refractivity contribution < 1.29 is 47.9 Å². The Balaban J connectivity index is 1.49. The molecule has 11 nitrogen and oxygen atoms in total. The van der Waals surface area contributed by atoms with E-state index in [-0.39, 0.29) is 22.7 Å². The van der Waals surface area contributed by atoms with Crippen molar-refractivity contribution in [2.24, 2.45) is 0 Å². The molecule has 14 heteroatoms. The minimum Gasteiger partial charge on any atom is -0.406 e. The molecule has 188 valence electrons. The van der Waals surface area contributed by atoms with E-state index in [2.05, 4.69) is 25.3 Å². The fraction of sp³-hybridized carbons (Fsp3) is 0.333. The second kappa shape index (κ2) is 9.67. The number of ether oxygens (including phenoxy) is 2. The van der Waals surface area contributed by atoms with Crippen LogP contribution in [0.1, 0.15) is 11.9 Å². The number of aromatic nitrogens is 2. The van der Waals surface area contributed by atoms with Crippen LogP contribution >= 0.6 is 0 Å². The molecule has 1 saturated heterocycles. The lowest BCUT2D eigenvalue weighted by molar-refractivity contribution is -0.274. The number of nitrogens with zero attached hydrogens (tertiary/aromatic N) is 1. The molecule has 35 heavy (non-hydrogen) atoms. The van der Waals surface area contributed by atoms with Crippen molar-refractivity contribution in [3.63, 3.8) is 0 Å². The van der Waals surface area contributed by atoms with Crippen LogP contribution in [0.5, 0.6) is 5.75 Å². The SMILES string of the molecule is O=C(Nc1ccc(OC(F)(F)F)cc1)Nc1cccc2[nH]c([C@@H]3O[C@H](CO)[C@@H](O)[C@H](O)[C@H]3O)nc12. The van der Waals surface area contributed by atoms with Gasteiger partial charge in [0, 0.05) is 5.69 Å². The highest BCUT2D eigenvalue weighted by molar-refractivity contribution is 6.04. The number of para-hydroxylation sites is 1. The average molecular weight is 498 g/mol. The molecule has 1 aliphatic rings. The zero-order chi connectivity index (χ0) is 25.3. The number of hydrogen-bond donors (Lipinski definition) is 7. The van der Waals surface area contributed by atoms with Crippen LogP contribution < -0.4 is 15.4 Å². The minimum atomic E-state index is -4.83. The number of carbonyl (C=O) groups excluding carboxylic acids is 1. The normalized spacial score (nSPS) is 24.8. The van der Waals surface area contributed by atoms with Gasteiger partial charge in [0.2, 0.25) is 0 Å². The molecule has 2 amide bonds. The number of benzene rings is 2. The summed E-state index contributed by atoms with van der Waals surface area (Å²) in [6.07, 6.45) is -11.8. The van der Waals surface area contributed by atoms with E-state index in [1.807, 2.05) is 0 Å². The molecule has 5 atom stereocenters. The number of aliphatic hydroxyl groups excluding tert-OH is 4. The fourth-order valence-electron chi connectivity index (χ4n) is 3.64. The molecule has 4 rings (SSSR count). The summed E-state index contributed by atoms with van der Waals surface area (Å²) < 4.78 is 46.1. The molecular weight excluding hydrogens is 477 g/mol. The largest absolute Gasteiger partial charge is 0.573 e. The maximum Gasteiger partial charge on any atom is 0.573 e. The Morgan fingerprint density at radius 2 is 1.77 bits per heavy atom. The van der Waals surface area contributed by atoms with Crippen molar-refractivity contribution in [3.8, 4) is 5.75 Å². The van der Waals surface area contributed by atoms with Gasteiger partial charge in [-0.25, -0.2) is 9.78 Å². The van der Waals surface area contributed by atoms with E-state index in [0.29, 0.717) is 5.52 Å². The zero-order valence-electron chi connectivity index (χ0n) is 17.7. The van der Waals surface area contributed by atoms with Gasteiger partial charge in [-0.15, -0.1) is 13.2 Å². The van der Waals surface area contributed by atoms with E-state index in [9.17, 15) is 38.4 Å². The summed E-state index contributed by atoms with van der Waals surface area (Å²) >= 11 is 0.